The molecule has 1 saturated carbocycles. The Bertz CT molecular complexity index is 165. The van der Waals surface area contributed by atoms with Gasteiger partial charge in [-0.3, -0.25) is 0 Å². The van der Waals surface area contributed by atoms with Crippen LogP contribution in [0.1, 0.15) is 46.0 Å². The molecule has 0 aromatic heterocycles. The third-order valence-corrected chi connectivity index (χ3v) is 2.65. The summed E-state index contributed by atoms with van der Waals surface area (Å²) in [4.78, 5) is 0. The highest BCUT2D eigenvalue weighted by Gasteiger charge is 2.23. The number of hydrogen-bond donors (Lipinski definition) is 2. The lowest BCUT2D eigenvalue weighted by Gasteiger charge is -2.26. The molecular weight excluding hydrogens is 178 g/mol. The second-order valence-corrected chi connectivity index (χ2v) is 4.96. The lowest BCUT2D eigenvalue weighted by atomic mass is 10.1. The highest BCUT2D eigenvalue weighted by Crippen LogP contribution is 2.20. The van der Waals surface area contributed by atoms with Gasteiger partial charge in [0.2, 0.25) is 0 Å². The fourth-order valence-electron chi connectivity index (χ4n) is 1.82. The van der Waals surface area contributed by atoms with Gasteiger partial charge in [-0.15, -0.1) is 0 Å². The molecule has 2 unspecified atom stereocenters. The molecule has 0 aromatic rings. The van der Waals surface area contributed by atoms with Gasteiger partial charge < -0.3 is 15.6 Å². The van der Waals surface area contributed by atoms with Crippen LogP contribution in [0.3, 0.4) is 0 Å². The fourth-order valence-corrected chi connectivity index (χ4v) is 1.82. The maximum absolute atomic E-state index is 9.54. The SMILES string of the molecule is CC(C)(O)COC1CCCCCC1N. The third kappa shape index (κ3) is 4.40. The largest absolute Gasteiger partial charge is 0.388 e. The first-order valence-corrected chi connectivity index (χ1v) is 5.58. The van der Waals surface area contributed by atoms with Gasteiger partial charge in [0.25, 0.3) is 0 Å². The Kier molecular flexibility index (Phi) is 4.35. The minimum atomic E-state index is -0.744. The van der Waals surface area contributed by atoms with Crippen molar-refractivity contribution in [2.45, 2.75) is 63.7 Å². The second-order valence-electron chi connectivity index (χ2n) is 4.96. The molecule has 0 saturated heterocycles. The van der Waals surface area contributed by atoms with Crippen LogP contribution in [-0.2, 0) is 4.74 Å². The molecular formula is C11H23NO2. The van der Waals surface area contributed by atoms with E-state index in [9.17, 15) is 5.11 Å². The molecule has 3 nitrogen and oxygen atoms in total. The molecule has 0 spiro atoms. The zero-order valence-electron chi connectivity index (χ0n) is 9.33. The monoisotopic (exact) mass is 201 g/mol. The Labute approximate surface area is 86.6 Å². The molecule has 0 radical (unpaired) electrons. The van der Waals surface area contributed by atoms with Crippen LogP contribution in [0.25, 0.3) is 0 Å². The van der Waals surface area contributed by atoms with E-state index in [0.29, 0.717) is 6.61 Å². The molecule has 14 heavy (non-hydrogen) atoms. The fraction of sp³-hybridized carbons (Fsp3) is 1.00. The van der Waals surface area contributed by atoms with Gasteiger partial charge in [-0.05, 0) is 26.7 Å². The first-order valence-electron chi connectivity index (χ1n) is 5.58. The first-order chi connectivity index (χ1) is 6.49. The average molecular weight is 201 g/mol. The van der Waals surface area contributed by atoms with Crippen LogP contribution in [0.5, 0.6) is 0 Å². The number of hydrogen-bond acceptors (Lipinski definition) is 3. The number of aliphatic hydroxyl groups is 1. The van der Waals surface area contributed by atoms with Crippen LogP contribution in [-0.4, -0.2) is 29.5 Å². The summed E-state index contributed by atoms with van der Waals surface area (Å²) in [6.07, 6.45) is 5.90. The molecule has 84 valence electrons. The third-order valence-electron chi connectivity index (χ3n) is 2.65. The summed E-state index contributed by atoms with van der Waals surface area (Å²) < 4.78 is 5.66. The van der Waals surface area contributed by atoms with Crippen molar-refractivity contribution < 1.29 is 9.84 Å². The molecule has 0 heterocycles. The molecule has 3 heteroatoms. The van der Waals surface area contributed by atoms with E-state index in [-0.39, 0.29) is 12.1 Å². The van der Waals surface area contributed by atoms with E-state index in [0.717, 1.165) is 12.8 Å². The predicted octanol–water partition coefficient (Wildman–Crippen LogP) is 1.43. The molecule has 0 bridgehead atoms. The van der Waals surface area contributed by atoms with E-state index in [1.165, 1.54) is 19.3 Å². The summed E-state index contributed by atoms with van der Waals surface area (Å²) in [6, 6.07) is 0.153. The molecule has 2 atom stereocenters. The van der Waals surface area contributed by atoms with Crippen molar-refractivity contribution in [3.63, 3.8) is 0 Å². The number of rotatable bonds is 3. The van der Waals surface area contributed by atoms with Crippen molar-refractivity contribution in [2.75, 3.05) is 6.61 Å². The summed E-state index contributed by atoms with van der Waals surface area (Å²) in [5, 5.41) is 9.54. The quantitative estimate of drug-likeness (QED) is 0.679. The minimum absolute atomic E-state index is 0.143. The van der Waals surface area contributed by atoms with Crippen LogP contribution >= 0.6 is 0 Å². The lowest BCUT2D eigenvalue weighted by Crippen LogP contribution is -2.39. The first kappa shape index (κ1) is 12.0. The molecule has 1 aliphatic rings. The van der Waals surface area contributed by atoms with Gasteiger partial charge in [0.05, 0.1) is 18.3 Å². The van der Waals surface area contributed by atoms with E-state index in [1.54, 1.807) is 13.8 Å². The van der Waals surface area contributed by atoms with Crippen molar-refractivity contribution in [1.82, 2.24) is 0 Å². The Morgan fingerprint density at radius 1 is 1.29 bits per heavy atom. The molecule has 1 fully saturated rings. The van der Waals surface area contributed by atoms with E-state index in [2.05, 4.69) is 0 Å². The molecule has 0 amide bonds. The van der Waals surface area contributed by atoms with E-state index < -0.39 is 5.60 Å². The highest BCUT2D eigenvalue weighted by molar-refractivity contribution is 4.78. The van der Waals surface area contributed by atoms with E-state index >= 15 is 0 Å². The molecule has 0 aromatic carbocycles. The van der Waals surface area contributed by atoms with Crippen LogP contribution in [0.15, 0.2) is 0 Å². The summed E-state index contributed by atoms with van der Waals surface area (Å²) in [7, 11) is 0. The highest BCUT2D eigenvalue weighted by atomic mass is 16.5. The van der Waals surface area contributed by atoms with Crippen LogP contribution in [0.2, 0.25) is 0 Å². The maximum atomic E-state index is 9.54. The number of ether oxygens (including phenoxy) is 1. The van der Waals surface area contributed by atoms with Crippen molar-refractivity contribution in [3.05, 3.63) is 0 Å². The van der Waals surface area contributed by atoms with E-state index in [1.807, 2.05) is 0 Å². The van der Waals surface area contributed by atoms with Crippen molar-refractivity contribution in [2.24, 2.45) is 5.73 Å². The standard InChI is InChI=1S/C11H23NO2/c1-11(2,13)8-14-10-7-5-3-4-6-9(10)12/h9-10,13H,3-8,12H2,1-2H3. The Morgan fingerprint density at radius 3 is 2.57 bits per heavy atom. The van der Waals surface area contributed by atoms with Crippen LogP contribution in [0, 0.1) is 0 Å². The summed E-state index contributed by atoms with van der Waals surface area (Å²) in [6.45, 7) is 3.90. The average Bonchev–Trinajstić information content (AvgIpc) is 2.25. The zero-order chi connectivity index (χ0) is 10.6. The summed E-state index contributed by atoms with van der Waals surface area (Å²) in [5.74, 6) is 0. The maximum Gasteiger partial charge on any atom is 0.0824 e. The molecule has 1 aliphatic carbocycles. The molecule has 0 aliphatic heterocycles. The van der Waals surface area contributed by atoms with Gasteiger partial charge in [0.1, 0.15) is 0 Å². The van der Waals surface area contributed by atoms with Crippen molar-refractivity contribution in [1.29, 1.82) is 0 Å². The second kappa shape index (κ2) is 5.10. The van der Waals surface area contributed by atoms with Gasteiger partial charge in [-0.1, -0.05) is 19.3 Å². The van der Waals surface area contributed by atoms with Gasteiger partial charge in [0.15, 0.2) is 0 Å². The lowest BCUT2D eigenvalue weighted by molar-refractivity contribution is -0.0615. The normalized spacial score (nSPS) is 30.0. The Balaban J connectivity index is 2.33. The topological polar surface area (TPSA) is 55.5 Å². The zero-order valence-corrected chi connectivity index (χ0v) is 9.33. The summed E-state index contributed by atoms with van der Waals surface area (Å²) >= 11 is 0. The van der Waals surface area contributed by atoms with Crippen molar-refractivity contribution in [3.8, 4) is 0 Å². The van der Waals surface area contributed by atoms with Crippen LogP contribution < -0.4 is 5.73 Å². The van der Waals surface area contributed by atoms with Crippen LogP contribution in [0.4, 0.5) is 0 Å². The van der Waals surface area contributed by atoms with Gasteiger partial charge in [-0.25, -0.2) is 0 Å². The van der Waals surface area contributed by atoms with Crippen molar-refractivity contribution >= 4 is 0 Å². The smallest absolute Gasteiger partial charge is 0.0824 e. The predicted molar refractivity (Wildman–Crippen MR) is 57.1 cm³/mol. The Hall–Kier alpha value is -0.120. The number of nitrogens with two attached hydrogens (primary N) is 1. The molecule has 3 N–H and O–H groups in total. The van der Waals surface area contributed by atoms with Gasteiger partial charge in [-0.2, -0.15) is 0 Å². The van der Waals surface area contributed by atoms with E-state index in [4.69, 9.17) is 10.5 Å². The summed E-state index contributed by atoms with van der Waals surface area (Å²) in [5.41, 5.74) is 5.26. The van der Waals surface area contributed by atoms with Gasteiger partial charge in [0, 0.05) is 6.04 Å². The van der Waals surface area contributed by atoms with Gasteiger partial charge >= 0.3 is 0 Å². The Morgan fingerprint density at radius 2 is 1.93 bits per heavy atom. The molecule has 1 rings (SSSR count). The minimum Gasteiger partial charge on any atom is -0.388 e.